The van der Waals surface area contributed by atoms with Gasteiger partial charge < -0.3 is 4.57 Å². The van der Waals surface area contributed by atoms with Gasteiger partial charge in [-0.15, -0.1) is 0 Å². The zero-order valence-electron chi connectivity index (χ0n) is 27.3. The molecule has 1 nitrogen and oxygen atoms in total. The van der Waals surface area contributed by atoms with Crippen LogP contribution < -0.4 is 0 Å². The van der Waals surface area contributed by atoms with E-state index in [1.807, 2.05) is 0 Å². The van der Waals surface area contributed by atoms with Gasteiger partial charge in [-0.2, -0.15) is 0 Å². The van der Waals surface area contributed by atoms with Crippen LogP contribution in [0.2, 0.25) is 0 Å². The number of benzene rings is 8. The first-order valence-electron chi connectivity index (χ1n) is 17.4. The molecule has 1 aliphatic heterocycles. The molecule has 0 radical (unpaired) electrons. The van der Waals surface area contributed by atoms with Gasteiger partial charge in [-0.05, 0) is 96.7 Å². The van der Waals surface area contributed by atoms with Crippen molar-refractivity contribution in [1.29, 1.82) is 0 Å². The lowest BCUT2D eigenvalue weighted by molar-refractivity contribution is 0.769. The summed E-state index contributed by atoms with van der Waals surface area (Å²) in [5.41, 5.74) is 16.1. The van der Waals surface area contributed by atoms with Crippen molar-refractivity contribution >= 4 is 44.7 Å². The maximum absolute atomic E-state index is 2.48. The van der Waals surface area contributed by atoms with Gasteiger partial charge in [0.2, 0.25) is 0 Å². The summed E-state index contributed by atoms with van der Waals surface area (Å²) in [7, 11) is 0. The van der Waals surface area contributed by atoms with Crippen LogP contribution >= 0.6 is 0 Å². The maximum atomic E-state index is 2.48. The molecule has 0 spiro atoms. The topological polar surface area (TPSA) is 4.93 Å². The minimum atomic E-state index is -0.428. The van der Waals surface area contributed by atoms with E-state index in [0.717, 1.165) is 0 Å². The average Bonchev–Trinajstić information content (AvgIpc) is 3.63. The van der Waals surface area contributed by atoms with Gasteiger partial charge >= 0.3 is 0 Å². The summed E-state index contributed by atoms with van der Waals surface area (Å²) in [4.78, 5) is 0. The quantitative estimate of drug-likeness (QED) is 0.182. The van der Waals surface area contributed by atoms with Crippen molar-refractivity contribution < 1.29 is 0 Å². The summed E-state index contributed by atoms with van der Waals surface area (Å²) in [6.07, 6.45) is 4.56. The third-order valence-corrected chi connectivity index (χ3v) is 11.2. The van der Waals surface area contributed by atoms with E-state index < -0.39 is 5.41 Å². The molecular weight excluding hydrogens is 603 g/mol. The lowest BCUT2D eigenvalue weighted by Crippen LogP contribution is -2.28. The van der Waals surface area contributed by atoms with E-state index in [-0.39, 0.29) is 0 Å². The fourth-order valence-electron chi connectivity index (χ4n) is 9.14. The lowest BCUT2D eigenvalue weighted by Gasteiger charge is -2.34. The van der Waals surface area contributed by atoms with Crippen molar-refractivity contribution in [1.82, 2.24) is 4.57 Å². The molecule has 1 aromatic heterocycles. The molecule has 2 aliphatic rings. The molecule has 8 aromatic carbocycles. The Kier molecular flexibility index (Phi) is 5.66. The Balaban J connectivity index is 1.19. The van der Waals surface area contributed by atoms with Gasteiger partial charge in [0.25, 0.3) is 0 Å². The second-order valence-corrected chi connectivity index (χ2v) is 13.7. The monoisotopic (exact) mass is 633 g/mol. The first kappa shape index (κ1) is 27.5. The number of aromatic nitrogens is 1. The highest BCUT2D eigenvalue weighted by Gasteiger charge is 2.45. The van der Waals surface area contributed by atoms with Gasteiger partial charge in [0.1, 0.15) is 0 Å². The molecule has 0 bridgehead atoms. The van der Waals surface area contributed by atoms with Gasteiger partial charge in [-0.1, -0.05) is 158 Å². The molecule has 0 saturated carbocycles. The Morgan fingerprint density at radius 3 is 1.92 bits per heavy atom. The Labute approximate surface area is 291 Å². The summed E-state index contributed by atoms with van der Waals surface area (Å²) in [6.45, 7) is 0. The number of fused-ring (bicyclic) bond motifs is 10. The minimum Gasteiger partial charge on any atom is -0.308 e. The van der Waals surface area contributed by atoms with E-state index in [1.165, 1.54) is 93.9 Å². The highest BCUT2D eigenvalue weighted by molar-refractivity contribution is 6.24. The average molecular weight is 634 g/mol. The van der Waals surface area contributed by atoms with Gasteiger partial charge in [-0.25, -0.2) is 0 Å². The standard InChI is InChI=1S/C49H31N/c1-2-16-37(17-3-1)49(43-22-9-7-20-40(43)41-21-8-10-23-44(41)49)38-18-12-15-33(30-38)34-27-28-46-42(31-34)47-39-19-6-4-14-35(39)29-36-26-25-32-13-5-11-24-45(32)50(46)48(36)47/h1-31H. The summed E-state index contributed by atoms with van der Waals surface area (Å²) >= 11 is 0. The molecule has 232 valence electrons. The van der Waals surface area contributed by atoms with Gasteiger partial charge in [0.05, 0.1) is 22.1 Å². The molecule has 11 rings (SSSR count). The van der Waals surface area contributed by atoms with Gasteiger partial charge in [0.15, 0.2) is 0 Å². The molecule has 1 aliphatic carbocycles. The Morgan fingerprint density at radius 2 is 1.08 bits per heavy atom. The van der Waals surface area contributed by atoms with Crippen LogP contribution in [-0.2, 0) is 5.41 Å². The highest BCUT2D eigenvalue weighted by Crippen LogP contribution is 2.56. The summed E-state index contributed by atoms with van der Waals surface area (Å²) in [6, 6.07) is 65.3. The fraction of sp³-hybridized carbons (Fsp3) is 0.0204. The first-order chi connectivity index (χ1) is 24.8. The zero-order valence-corrected chi connectivity index (χ0v) is 27.3. The number of para-hydroxylation sites is 1. The molecule has 0 fully saturated rings. The van der Waals surface area contributed by atoms with Crippen LogP contribution in [0.15, 0.2) is 176 Å². The Bertz CT molecular complexity index is 2820. The van der Waals surface area contributed by atoms with Crippen LogP contribution in [0, 0.1) is 0 Å². The van der Waals surface area contributed by atoms with Crippen molar-refractivity contribution in [2.45, 2.75) is 5.41 Å². The van der Waals surface area contributed by atoms with Gasteiger partial charge in [0, 0.05) is 10.8 Å². The third-order valence-electron chi connectivity index (χ3n) is 11.2. The summed E-state index contributed by atoms with van der Waals surface area (Å²) in [5.74, 6) is 0. The Hall–Kier alpha value is -6.44. The molecule has 0 amide bonds. The molecule has 0 unspecified atom stereocenters. The Morgan fingerprint density at radius 1 is 0.420 bits per heavy atom. The predicted octanol–water partition coefficient (Wildman–Crippen LogP) is 12.5. The fourth-order valence-corrected chi connectivity index (χ4v) is 9.14. The van der Waals surface area contributed by atoms with Crippen LogP contribution in [0.25, 0.3) is 72.7 Å². The van der Waals surface area contributed by atoms with Crippen LogP contribution in [0.1, 0.15) is 33.4 Å². The lowest BCUT2D eigenvalue weighted by atomic mass is 9.67. The largest absolute Gasteiger partial charge is 0.308 e. The third kappa shape index (κ3) is 3.61. The molecule has 2 heterocycles. The molecule has 9 aromatic rings. The normalized spacial score (nSPS) is 13.7. The van der Waals surface area contributed by atoms with Crippen LogP contribution in [-0.4, -0.2) is 4.57 Å². The SMILES string of the molecule is C1=Cc2cc3ccccc3c3c4cc(-c5cccc(C6(c7ccccc7)c7ccccc7-c7ccccc76)c5)ccc4n(c23)-c2ccccc21. The number of nitrogens with zero attached hydrogens (tertiary/aromatic N) is 1. The van der Waals surface area contributed by atoms with E-state index >= 15 is 0 Å². The van der Waals surface area contributed by atoms with Crippen LogP contribution in [0.4, 0.5) is 0 Å². The van der Waals surface area contributed by atoms with Crippen molar-refractivity contribution in [3.8, 4) is 27.9 Å². The van der Waals surface area contributed by atoms with E-state index in [9.17, 15) is 0 Å². The summed E-state index contributed by atoms with van der Waals surface area (Å²) in [5, 5.41) is 5.14. The molecule has 0 saturated heterocycles. The minimum absolute atomic E-state index is 0.428. The maximum Gasteiger partial charge on any atom is 0.0713 e. The predicted molar refractivity (Wildman–Crippen MR) is 210 cm³/mol. The number of rotatable bonds is 3. The molecule has 0 atom stereocenters. The molecule has 50 heavy (non-hydrogen) atoms. The second-order valence-electron chi connectivity index (χ2n) is 13.7. The van der Waals surface area contributed by atoms with E-state index in [2.05, 4.69) is 193 Å². The van der Waals surface area contributed by atoms with Gasteiger partial charge in [-0.3, -0.25) is 0 Å². The zero-order chi connectivity index (χ0) is 32.8. The number of hydrogen-bond donors (Lipinski definition) is 0. The summed E-state index contributed by atoms with van der Waals surface area (Å²) < 4.78 is 2.48. The van der Waals surface area contributed by atoms with E-state index in [0.29, 0.717) is 0 Å². The van der Waals surface area contributed by atoms with E-state index in [1.54, 1.807) is 0 Å². The second kappa shape index (κ2) is 10.3. The van der Waals surface area contributed by atoms with E-state index in [4.69, 9.17) is 0 Å². The van der Waals surface area contributed by atoms with Crippen molar-refractivity contribution in [3.63, 3.8) is 0 Å². The molecule has 1 heteroatoms. The van der Waals surface area contributed by atoms with Crippen LogP contribution in [0.5, 0.6) is 0 Å². The highest BCUT2D eigenvalue weighted by atomic mass is 15.0. The first-order valence-corrected chi connectivity index (χ1v) is 17.4. The molecule has 0 N–H and O–H groups in total. The van der Waals surface area contributed by atoms with Crippen molar-refractivity contribution in [2.75, 3.05) is 0 Å². The van der Waals surface area contributed by atoms with Crippen molar-refractivity contribution in [2.24, 2.45) is 0 Å². The smallest absolute Gasteiger partial charge is 0.0713 e. The van der Waals surface area contributed by atoms with Crippen LogP contribution in [0.3, 0.4) is 0 Å². The van der Waals surface area contributed by atoms with Crippen molar-refractivity contribution in [3.05, 3.63) is 209 Å². The number of hydrogen-bond acceptors (Lipinski definition) is 0. The molecular formula is C49H31N.